The fourth-order valence-corrected chi connectivity index (χ4v) is 2.68. The van der Waals surface area contributed by atoms with Gasteiger partial charge in [-0.05, 0) is 43.3 Å². The van der Waals surface area contributed by atoms with Crippen molar-refractivity contribution in [3.05, 3.63) is 90.3 Å². The van der Waals surface area contributed by atoms with Crippen LogP contribution in [0.1, 0.15) is 22.8 Å². The van der Waals surface area contributed by atoms with Crippen molar-refractivity contribution in [1.82, 2.24) is 15.4 Å². The average Bonchev–Trinajstić information content (AvgIpc) is 3.26. The van der Waals surface area contributed by atoms with Crippen molar-refractivity contribution in [2.24, 2.45) is 0 Å². The smallest absolute Gasteiger partial charge is 0.271 e. The van der Waals surface area contributed by atoms with E-state index in [4.69, 9.17) is 4.74 Å². The van der Waals surface area contributed by atoms with E-state index in [-0.39, 0.29) is 0 Å². The summed E-state index contributed by atoms with van der Waals surface area (Å²) < 4.78 is 7.35. The molecule has 6 nitrogen and oxygen atoms in total. The van der Waals surface area contributed by atoms with Crippen molar-refractivity contribution >= 4 is 17.9 Å². The molecule has 142 valence electrons. The molecule has 0 unspecified atom stereocenters. The van der Waals surface area contributed by atoms with Gasteiger partial charge in [0.05, 0.1) is 17.9 Å². The van der Waals surface area contributed by atoms with Crippen LogP contribution in [0.25, 0.3) is 11.8 Å². The van der Waals surface area contributed by atoms with Crippen LogP contribution in [0, 0.1) is 0 Å². The molecular formula is C22H21N3O3. The van der Waals surface area contributed by atoms with E-state index in [2.05, 4.69) is 10.9 Å². The van der Waals surface area contributed by atoms with Crippen LogP contribution in [-0.2, 0) is 4.79 Å². The van der Waals surface area contributed by atoms with Crippen molar-refractivity contribution in [3.8, 4) is 11.4 Å². The first kappa shape index (κ1) is 19.0. The number of hydrogen-bond donors (Lipinski definition) is 2. The average molecular weight is 375 g/mol. The number of ether oxygens (including phenoxy) is 1. The zero-order chi connectivity index (χ0) is 19.8. The predicted molar refractivity (Wildman–Crippen MR) is 108 cm³/mol. The Bertz CT molecular complexity index is 978. The number of rotatable bonds is 6. The van der Waals surface area contributed by atoms with Crippen LogP contribution < -0.4 is 15.6 Å². The van der Waals surface area contributed by atoms with Crippen LogP contribution in [0.15, 0.2) is 79.1 Å². The number of carbonyl (C=O) groups excluding carboxylic acids is 2. The molecule has 6 heteroatoms. The molecule has 0 radical (unpaired) electrons. The predicted octanol–water partition coefficient (Wildman–Crippen LogP) is 3.35. The van der Waals surface area contributed by atoms with Crippen LogP contribution in [0.5, 0.6) is 5.75 Å². The van der Waals surface area contributed by atoms with Gasteiger partial charge in [-0.2, -0.15) is 0 Å². The molecule has 0 aliphatic rings. The Morgan fingerprint density at radius 2 is 1.68 bits per heavy atom. The first-order valence-electron chi connectivity index (χ1n) is 8.91. The van der Waals surface area contributed by atoms with E-state index in [1.807, 2.05) is 72.4 Å². The maximum Gasteiger partial charge on any atom is 0.271 e. The Balaban J connectivity index is 1.64. The maximum absolute atomic E-state index is 12.5. The molecular weight excluding hydrogens is 354 g/mol. The zero-order valence-corrected chi connectivity index (χ0v) is 15.5. The summed E-state index contributed by atoms with van der Waals surface area (Å²) in [5, 5.41) is 0. The number of hydrogen-bond acceptors (Lipinski definition) is 3. The summed E-state index contributed by atoms with van der Waals surface area (Å²) in [7, 11) is 0. The Hall–Kier alpha value is -3.80. The molecule has 2 aromatic carbocycles. The molecule has 3 aromatic rings. The molecule has 0 saturated carbocycles. The molecule has 3 rings (SSSR count). The van der Waals surface area contributed by atoms with E-state index in [9.17, 15) is 9.59 Å². The third-order valence-corrected chi connectivity index (χ3v) is 3.96. The molecule has 1 aromatic heterocycles. The molecule has 28 heavy (non-hydrogen) atoms. The minimum Gasteiger partial charge on any atom is -0.493 e. The van der Waals surface area contributed by atoms with E-state index in [0.29, 0.717) is 17.9 Å². The third-order valence-electron chi connectivity index (χ3n) is 3.96. The summed E-state index contributed by atoms with van der Waals surface area (Å²) in [6.45, 7) is 2.43. The van der Waals surface area contributed by atoms with Crippen LogP contribution in [0.2, 0.25) is 0 Å². The van der Waals surface area contributed by atoms with Crippen molar-refractivity contribution < 1.29 is 14.3 Å². The van der Waals surface area contributed by atoms with Gasteiger partial charge in [0, 0.05) is 24.0 Å². The number of hydrazine groups is 1. The quantitative estimate of drug-likeness (QED) is 0.513. The van der Waals surface area contributed by atoms with Gasteiger partial charge < -0.3 is 9.30 Å². The van der Waals surface area contributed by atoms with Crippen molar-refractivity contribution in [2.45, 2.75) is 6.92 Å². The minimum atomic E-state index is -0.446. The van der Waals surface area contributed by atoms with Crippen LogP contribution in [0.3, 0.4) is 0 Å². The SMILES string of the molecule is CCOc1ccccc1/C=C/C(=O)NNC(=O)c1ccccc1-n1cccc1. The highest BCUT2D eigenvalue weighted by atomic mass is 16.5. The molecule has 2 amide bonds. The number of benzene rings is 2. The lowest BCUT2D eigenvalue weighted by Crippen LogP contribution is -2.41. The van der Waals surface area contributed by atoms with Crippen LogP contribution in [0.4, 0.5) is 0 Å². The first-order chi connectivity index (χ1) is 13.7. The summed E-state index contributed by atoms with van der Waals surface area (Å²) in [5.74, 6) is -0.155. The number of carbonyl (C=O) groups is 2. The normalized spacial score (nSPS) is 10.6. The standard InChI is InChI=1S/C22H21N3O3/c1-2-28-20-12-6-3-9-17(20)13-14-21(26)23-24-22(27)18-10-4-5-11-19(18)25-15-7-8-16-25/h3-16H,2H2,1H3,(H,23,26)(H,24,27)/b14-13+. The Labute approximate surface area is 163 Å². The highest BCUT2D eigenvalue weighted by Crippen LogP contribution is 2.19. The second kappa shape index (κ2) is 9.23. The lowest BCUT2D eigenvalue weighted by molar-refractivity contribution is -0.117. The van der Waals surface area contributed by atoms with Gasteiger partial charge in [-0.3, -0.25) is 20.4 Å². The minimum absolute atomic E-state index is 0.402. The fourth-order valence-electron chi connectivity index (χ4n) is 2.68. The monoisotopic (exact) mass is 375 g/mol. The van der Waals surface area contributed by atoms with Gasteiger partial charge in [0.15, 0.2) is 0 Å². The summed E-state index contributed by atoms with van der Waals surface area (Å²) in [6, 6.07) is 18.3. The Morgan fingerprint density at radius 3 is 2.46 bits per heavy atom. The number of amides is 2. The molecule has 0 fully saturated rings. The largest absolute Gasteiger partial charge is 0.493 e. The fraction of sp³-hybridized carbons (Fsp3) is 0.0909. The third kappa shape index (κ3) is 4.67. The van der Waals surface area contributed by atoms with Crippen LogP contribution >= 0.6 is 0 Å². The zero-order valence-electron chi connectivity index (χ0n) is 15.5. The second-order valence-electron chi connectivity index (χ2n) is 5.86. The summed E-state index contributed by atoms with van der Waals surface area (Å²) in [6.07, 6.45) is 6.68. The molecule has 0 aliphatic carbocycles. The molecule has 1 heterocycles. The number of nitrogens with one attached hydrogen (secondary N) is 2. The number of para-hydroxylation sites is 2. The first-order valence-corrected chi connectivity index (χ1v) is 8.91. The molecule has 0 saturated heterocycles. The van der Waals surface area contributed by atoms with E-state index < -0.39 is 11.8 Å². The maximum atomic E-state index is 12.5. The van der Waals surface area contributed by atoms with E-state index in [0.717, 1.165) is 11.3 Å². The van der Waals surface area contributed by atoms with Gasteiger partial charge in [-0.25, -0.2) is 0 Å². The van der Waals surface area contributed by atoms with Gasteiger partial charge in [-0.15, -0.1) is 0 Å². The van der Waals surface area contributed by atoms with E-state index in [1.54, 1.807) is 18.2 Å². The van der Waals surface area contributed by atoms with Gasteiger partial charge in [0.2, 0.25) is 0 Å². The lowest BCUT2D eigenvalue weighted by atomic mass is 10.1. The second-order valence-corrected chi connectivity index (χ2v) is 5.86. The molecule has 0 spiro atoms. The molecule has 0 aliphatic heterocycles. The van der Waals surface area contributed by atoms with Gasteiger partial charge in [-0.1, -0.05) is 30.3 Å². The Morgan fingerprint density at radius 1 is 0.964 bits per heavy atom. The van der Waals surface area contributed by atoms with Crippen molar-refractivity contribution in [1.29, 1.82) is 0 Å². The molecule has 2 N–H and O–H groups in total. The van der Waals surface area contributed by atoms with Gasteiger partial charge in [0.1, 0.15) is 5.75 Å². The van der Waals surface area contributed by atoms with Gasteiger partial charge >= 0.3 is 0 Å². The van der Waals surface area contributed by atoms with Crippen LogP contribution in [-0.4, -0.2) is 23.0 Å². The summed E-state index contributed by atoms with van der Waals surface area (Å²) in [4.78, 5) is 24.6. The van der Waals surface area contributed by atoms with E-state index >= 15 is 0 Å². The summed E-state index contributed by atoms with van der Waals surface area (Å²) >= 11 is 0. The highest BCUT2D eigenvalue weighted by Gasteiger charge is 2.12. The van der Waals surface area contributed by atoms with Crippen molar-refractivity contribution in [2.75, 3.05) is 6.61 Å². The highest BCUT2D eigenvalue weighted by molar-refractivity contribution is 6.00. The number of nitrogens with zero attached hydrogens (tertiary/aromatic N) is 1. The number of aromatic nitrogens is 1. The molecule has 0 atom stereocenters. The lowest BCUT2D eigenvalue weighted by Gasteiger charge is -2.11. The van der Waals surface area contributed by atoms with Gasteiger partial charge in [0.25, 0.3) is 11.8 Å². The molecule has 0 bridgehead atoms. The van der Waals surface area contributed by atoms with Crippen molar-refractivity contribution in [3.63, 3.8) is 0 Å². The topological polar surface area (TPSA) is 72.4 Å². The summed E-state index contributed by atoms with van der Waals surface area (Å²) in [5.41, 5.74) is 6.80. The van der Waals surface area contributed by atoms with E-state index in [1.165, 1.54) is 6.08 Å². The Kier molecular flexibility index (Phi) is 6.25.